The molecule has 30 heavy (non-hydrogen) atoms. The fourth-order valence-corrected chi connectivity index (χ4v) is 4.94. The van der Waals surface area contributed by atoms with Gasteiger partial charge in [0, 0.05) is 44.9 Å². The van der Waals surface area contributed by atoms with Gasteiger partial charge < -0.3 is 4.90 Å². The number of aromatic nitrogens is 2. The van der Waals surface area contributed by atoms with Crippen molar-refractivity contribution in [3.8, 4) is 0 Å². The van der Waals surface area contributed by atoms with Crippen molar-refractivity contribution in [2.75, 3.05) is 26.2 Å². The number of rotatable bonds is 7. The van der Waals surface area contributed by atoms with E-state index in [2.05, 4.69) is 47.4 Å². The topological polar surface area (TPSA) is 41.4 Å². The van der Waals surface area contributed by atoms with Crippen molar-refractivity contribution >= 4 is 5.91 Å². The second kappa shape index (κ2) is 9.78. The van der Waals surface area contributed by atoms with Crippen LogP contribution in [0.5, 0.6) is 0 Å². The molecule has 1 aromatic heterocycles. The second-order valence-corrected chi connectivity index (χ2v) is 9.24. The number of nitrogens with zero attached hydrogens (tertiary/aromatic N) is 4. The van der Waals surface area contributed by atoms with E-state index in [1.807, 2.05) is 16.6 Å². The summed E-state index contributed by atoms with van der Waals surface area (Å²) in [4.78, 5) is 16.8. The predicted molar refractivity (Wildman–Crippen MR) is 120 cm³/mol. The summed E-state index contributed by atoms with van der Waals surface area (Å²) < 4.78 is 1.92. The lowest BCUT2D eigenvalue weighted by Gasteiger charge is -2.32. The molecule has 0 saturated carbocycles. The average Bonchev–Trinajstić information content (AvgIpc) is 3.39. The Bertz CT molecular complexity index is 827. The molecular weight excluding hydrogens is 372 g/mol. The molecule has 4 rings (SSSR count). The van der Waals surface area contributed by atoms with Crippen LogP contribution in [0.3, 0.4) is 0 Å². The molecule has 2 aliphatic heterocycles. The lowest BCUT2D eigenvalue weighted by Crippen LogP contribution is -2.33. The summed E-state index contributed by atoms with van der Waals surface area (Å²) >= 11 is 0. The predicted octanol–water partition coefficient (Wildman–Crippen LogP) is 3.74. The zero-order valence-electron chi connectivity index (χ0n) is 18.6. The van der Waals surface area contributed by atoms with Crippen molar-refractivity contribution in [3.05, 3.63) is 52.8 Å². The molecule has 0 aliphatic carbocycles. The van der Waals surface area contributed by atoms with Crippen molar-refractivity contribution in [2.45, 2.75) is 58.4 Å². The van der Waals surface area contributed by atoms with Crippen molar-refractivity contribution in [2.24, 2.45) is 13.0 Å². The highest BCUT2D eigenvalue weighted by atomic mass is 16.2. The molecule has 2 saturated heterocycles. The van der Waals surface area contributed by atoms with Gasteiger partial charge in [0.25, 0.3) is 0 Å². The number of likely N-dealkylation sites (tertiary alicyclic amines) is 2. The van der Waals surface area contributed by atoms with Crippen molar-refractivity contribution in [3.63, 3.8) is 0 Å². The Morgan fingerprint density at radius 2 is 1.70 bits per heavy atom. The van der Waals surface area contributed by atoms with E-state index in [1.165, 1.54) is 61.9 Å². The van der Waals surface area contributed by atoms with Crippen LogP contribution in [0.4, 0.5) is 0 Å². The average molecular weight is 409 g/mol. The maximum absolute atomic E-state index is 12.2. The Kier molecular flexibility index (Phi) is 6.88. The number of carbonyl (C=O) groups excluding carboxylic acids is 1. The molecule has 2 fully saturated rings. The Balaban J connectivity index is 1.19. The zero-order chi connectivity index (χ0) is 20.9. The molecule has 1 amide bonds. The highest BCUT2D eigenvalue weighted by Gasteiger charge is 2.21. The Morgan fingerprint density at radius 3 is 2.33 bits per heavy atom. The Hall–Kier alpha value is -2.14. The van der Waals surface area contributed by atoms with Crippen LogP contribution >= 0.6 is 0 Å². The number of aryl methyl sites for hydroxylation is 3. The van der Waals surface area contributed by atoms with Gasteiger partial charge in [0.2, 0.25) is 5.91 Å². The molecule has 0 bridgehead atoms. The molecule has 0 N–H and O–H groups in total. The molecule has 5 heteroatoms. The van der Waals surface area contributed by atoms with E-state index in [0.717, 1.165) is 37.7 Å². The summed E-state index contributed by atoms with van der Waals surface area (Å²) in [6.07, 6.45) is 9.71. The number of piperidine rings is 1. The lowest BCUT2D eigenvalue weighted by atomic mass is 9.89. The first-order valence-electron chi connectivity index (χ1n) is 11.6. The monoisotopic (exact) mass is 408 g/mol. The highest BCUT2D eigenvalue weighted by Crippen LogP contribution is 2.24. The minimum absolute atomic E-state index is 0.324. The molecule has 2 aliphatic rings. The van der Waals surface area contributed by atoms with Crippen molar-refractivity contribution in [1.29, 1.82) is 0 Å². The smallest absolute Gasteiger partial charge is 0.222 e. The fraction of sp³-hybridized carbons (Fsp3) is 0.600. The van der Waals surface area contributed by atoms with E-state index in [9.17, 15) is 4.79 Å². The number of carbonyl (C=O) groups is 1. The number of amides is 1. The standard InChI is InChI=1S/C25H36N4O/c1-20-24(18-27(2)26-20)19-28-15-11-23(12-16-28)17-22-7-5-21(6-8-22)9-10-25(30)29-13-3-4-14-29/h5-8,18,23H,3-4,9-17,19H2,1-2H3. The summed E-state index contributed by atoms with van der Waals surface area (Å²) in [7, 11) is 2.00. The maximum atomic E-state index is 12.2. The van der Waals surface area contributed by atoms with Gasteiger partial charge in [0.1, 0.15) is 0 Å². The van der Waals surface area contributed by atoms with Gasteiger partial charge in [0.15, 0.2) is 0 Å². The fourth-order valence-electron chi connectivity index (χ4n) is 4.94. The van der Waals surface area contributed by atoms with E-state index in [1.54, 1.807) is 0 Å². The van der Waals surface area contributed by atoms with Gasteiger partial charge in [0.05, 0.1) is 5.69 Å². The van der Waals surface area contributed by atoms with E-state index < -0.39 is 0 Å². The molecule has 162 valence electrons. The molecule has 3 heterocycles. The highest BCUT2D eigenvalue weighted by molar-refractivity contribution is 5.76. The molecule has 0 unspecified atom stereocenters. The largest absolute Gasteiger partial charge is 0.343 e. The molecule has 0 atom stereocenters. The summed E-state index contributed by atoms with van der Waals surface area (Å²) in [6.45, 7) is 7.40. The number of hydrogen-bond acceptors (Lipinski definition) is 3. The van der Waals surface area contributed by atoms with Gasteiger partial charge in [-0.05, 0) is 75.6 Å². The van der Waals surface area contributed by atoms with Crippen LogP contribution in [0.25, 0.3) is 0 Å². The normalized spacial score (nSPS) is 18.3. The van der Waals surface area contributed by atoms with Gasteiger partial charge in [-0.3, -0.25) is 14.4 Å². The van der Waals surface area contributed by atoms with Gasteiger partial charge >= 0.3 is 0 Å². The van der Waals surface area contributed by atoms with Gasteiger partial charge in [-0.1, -0.05) is 24.3 Å². The molecule has 5 nitrogen and oxygen atoms in total. The zero-order valence-corrected chi connectivity index (χ0v) is 18.6. The first kappa shape index (κ1) is 21.1. The van der Waals surface area contributed by atoms with Gasteiger partial charge in [-0.2, -0.15) is 5.10 Å². The third kappa shape index (κ3) is 5.51. The summed E-state index contributed by atoms with van der Waals surface area (Å²) in [5.41, 5.74) is 5.23. The molecule has 0 spiro atoms. The third-order valence-electron chi connectivity index (χ3n) is 6.85. The van der Waals surface area contributed by atoms with Crippen LogP contribution in [0.15, 0.2) is 30.5 Å². The molecular formula is C25H36N4O. The quantitative estimate of drug-likeness (QED) is 0.701. The Morgan fingerprint density at radius 1 is 1.03 bits per heavy atom. The minimum Gasteiger partial charge on any atom is -0.343 e. The SMILES string of the molecule is Cc1nn(C)cc1CN1CCC(Cc2ccc(CCC(=O)N3CCCC3)cc2)CC1. The summed E-state index contributed by atoms with van der Waals surface area (Å²) in [5.74, 6) is 1.10. The van der Waals surface area contributed by atoms with E-state index in [-0.39, 0.29) is 0 Å². The van der Waals surface area contributed by atoms with Crippen molar-refractivity contribution in [1.82, 2.24) is 19.6 Å². The molecule has 2 aromatic rings. The van der Waals surface area contributed by atoms with Crippen LogP contribution in [-0.2, 0) is 31.2 Å². The minimum atomic E-state index is 0.324. The van der Waals surface area contributed by atoms with E-state index in [0.29, 0.717) is 12.3 Å². The maximum Gasteiger partial charge on any atom is 0.222 e. The molecule has 1 aromatic carbocycles. The number of benzene rings is 1. The first-order chi connectivity index (χ1) is 14.6. The van der Waals surface area contributed by atoms with Crippen LogP contribution in [-0.4, -0.2) is 51.7 Å². The van der Waals surface area contributed by atoms with Crippen LogP contribution in [0.2, 0.25) is 0 Å². The Labute approximate surface area is 181 Å². The van der Waals surface area contributed by atoms with E-state index in [4.69, 9.17) is 0 Å². The van der Waals surface area contributed by atoms with Gasteiger partial charge in [-0.25, -0.2) is 0 Å². The van der Waals surface area contributed by atoms with E-state index >= 15 is 0 Å². The number of hydrogen-bond donors (Lipinski definition) is 0. The van der Waals surface area contributed by atoms with Gasteiger partial charge in [-0.15, -0.1) is 0 Å². The molecule has 0 radical (unpaired) electrons. The summed E-state index contributed by atoms with van der Waals surface area (Å²) in [5, 5.41) is 4.47. The van der Waals surface area contributed by atoms with Crippen LogP contribution < -0.4 is 0 Å². The first-order valence-corrected chi connectivity index (χ1v) is 11.6. The summed E-state index contributed by atoms with van der Waals surface area (Å²) in [6, 6.07) is 9.02. The second-order valence-electron chi connectivity index (χ2n) is 9.24. The van der Waals surface area contributed by atoms with Crippen LogP contribution in [0.1, 0.15) is 54.5 Å². The van der Waals surface area contributed by atoms with Crippen molar-refractivity contribution < 1.29 is 4.79 Å². The van der Waals surface area contributed by atoms with Crippen LogP contribution in [0, 0.1) is 12.8 Å². The third-order valence-corrected chi connectivity index (χ3v) is 6.85. The lowest BCUT2D eigenvalue weighted by molar-refractivity contribution is -0.130.